The van der Waals surface area contributed by atoms with Gasteiger partial charge in [-0.2, -0.15) is 0 Å². The van der Waals surface area contributed by atoms with Gasteiger partial charge < -0.3 is 14.3 Å². The molecule has 1 aromatic heterocycles. The molecule has 3 rings (SSSR count). The molecule has 1 atom stereocenters. The van der Waals surface area contributed by atoms with Crippen LogP contribution in [-0.4, -0.2) is 35.5 Å². The summed E-state index contributed by atoms with van der Waals surface area (Å²) >= 11 is 0. The SMILES string of the molecule is Cc1noc(C)c1CN(C)C(=O)[C@@H]1CC(=O)N(c2ccccc2)C1. The Labute approximate surface area is 141 Å². The Morgan fingerprint density at radius 3 is 2.67 bits per heavy atom. The van der Waals surface area contributed by atoms with Crippen molar-refractivity contribution in [1.82, 2.24) is 10.1 Å². The number of hydrogen-bond donors (Lipinski definition) is 0. The highest BCUT2D eigenvalue weighted by Crippen LogP contribution is 2.26. The Balaban J connectivity index is 1.68. The molecule has 1 fully saturated rings. The summed E-state index contributed by atoms with van der Waals surface area (Å²) < 4.78 is 5.14. The molecule has 6 nitrogen and oxygen atoms in total. The van der Waals surface area contributed by atoms with E-state index < -0.39 is 0 Å². The molecule has 0 aliphatic carbocycles. The standard InChI is InChI=1S/C18H21N3O3/c1-12-16(13(2)24-19-12)11-20(3)18(23)14-9-17(22)21(10-14)15-7-5-4-6-8-15/h4-8,14H,9-11H2,1-3H3/t14-/m1/s1. The van der Waals surface area contributed by atoms with Crippen LogP contribution in [0, 0.1) is 19.8 Å². The summed E-state index contributed by atoms with van der Waals surface area (Å²) in [5.41, 5.74) is 2.56. The lowest BCUT2D eigenvalue weighted by Crippen LogP contribution is -2.34. The van der Waals surface area contributed by atoms with Crippen LogP contribution < -0.4 is 4.90 Å². The second-order valence-electron chi connectivity index (χ2n) is 6.24. The molecule has 0 bridgehead atoms. The molecule has 1 aliphatic rings. The zero-order valence-corrected chi connectivity index (χ0v) is 14.2. The van der Waals surface area contributed by atoms with E-state index in [1.165, 1.54) is 0 Å². The fourth-order valence-electron chi connectivity index (χ4n) is 3.08. The van der Waals surface area contributed by atoms with Crippen molar-refractivity contribution >= 4 is 17.5 Å². The smallest absolute Gasteiger partial charge is 0.228 e. The largest absolute Gasteiger partial charge is 0.361 e. The third kappa shape index (κ3) is 3.04. The Morgan fingerprint density at radius 2 is 2.04 bits per heavy atom. The first-order valence-corrected chi connectivity index (χ1v) is 7.99. The van der Waals surface area contributed by atoms with Crippen LogP contribution in [0.3, 0.4) is 0 Å². The van der Waals surface area contributed by atoms with E-state index in [2.05, 4.69) is 5.16 Å². The monoisotopic (exact) mass is 327 g/mol. The molecular weight excluding hydrogens is 306 g/mol. The molecular formula is C18H21N3O3. The number of para-hydroxylation sites is 1. The van der Waals surface area contributed by atoms with Crippen LogP contribution in [0.15, 0.2) is 34.9 Å². The Hall–Kier alpha value is -2.63. The van der Waals surface area contributed by atoms with Crippen molar-refractivity contribution in [3.05, 3.63) is 47.3 Å². The zero-order chi connectivity index (χ0) is 17.3. The number of carbonyl (C=O) groups is 2. The Morgan fingerprint density at radius 1 is 1.33 bits per heavy atom. The molecule has 0 saturated carbocycles. The minimum absolute atomic E-state index is 0.00899. The fraction of sp³-hybridized carbons (Fsp3) is 0.389. The van der Waals surface area contributed by atoms with Crippen LogP contribution in [0.4, 0.5) is 5.69 Å². The van der Waals surface area contributed by atoms with E-state index in [4.69, 9.17) is 4.52 Å². The molecule has 0 unspecified atom stereocenters. The van der Waals surface area contributed by atoms with E-state index in [0.29, 0.717) is 13.1 Å². The fourth-order valence-corrected chi connectivity index (χ4v) is 3.08. The molecule has 1 aliphatic heterocycles. The van der Waals surface area contributed by atoms with Gasteiger partial charge in [0.15, 0.2) is 0 Å². The number of hydrogen-bond acceptors (Lipinski definition) is 4. The van der Waals surface area contributed by atoms with Gasteiger partial charge in [0, 0.05) is 31.3 Å². The summed E-state index contributed by atoms with van der Waals surface area (Å²) in [5.74, 6) is 0.371. The van der Waals surface area contributed by atoms with Crippen LogP contribution in [0.2, 0.25) is 0 Å². The van der Waals surface area contributed by atoms with Crippen LogP contribution in [0.1, 0.15) is 23.4 Å². The van der Waals surface area contributed by atoms with Crippen molar-refractivity contribution in [3.63, 3.8) is 0 Å². The summed E-state index contributed by atoms with van der Waals surface area (Å²) in [6.07, 6.45) is 0.250. The van der Waals surface area contributed by atoms with Crippen LogP contribution in [0.25, 0.3) is 0 Å². The van der Waals surface area contributed by atoms with Crippen molar-refractivity contribution < 1.29 is 14.1 Å². The first-order valence-electron chi connectivity index (χ1n) is 7.99. The number of anilines is 1. The molecule has 0 spiro atoms. The first kappa shape index (κ1) is 16.2. The molecule has 1 saturated heterocycles. The molecule has 0 radical (unpaired) electrons. The molecule has 2 heterocycles. The summed E-state index contributed by atoms with van der Waals surface area (Å²) in [6.45, 7) is 4.56. The average molecular weight is 327 g/mol. The van der Waals surface area contributed by atoms with Crippen molar-refractivity contribution in [2.24, 2.45) is 5.92 Å². The summed E-state index contributed by atoms with van der Waals surface area (Å²) in [7, 11) is 1.75. The number of rotatable bonds is 4. The number of amides is 2. The van der Waals surface area contributed by atoms with E-state index in [0.717, 1.165) is 22.7 Å². The van der Waals surface area contributed by atoms with Gasteiger partial charge >= 0.3 is 0 Å². The van der Waals surface area contributed by atoms with E-state index >= 15 is 0 Å². The topological polar surface area (TPSA) is 66.7 Å². The van der Waals surface area contributed by atoms with Gasteiger partial charge in [-0.25, -0.2) is 0 Å². The molecule has 1 aromatic carbocycles. The maximum Gasteiger partial charge on any atom is 0.228 e. The van der Waals surface area contributed by atoms with Crippen molar-refractivity contribution in [2.75, 3.05) is 18.5 Å². The quantitative estimate of drug-likeness (QED) is 0.864. The van der Waals surface area contributed by atoms with Gasteiger partial charge in [0.25, 0.3) is 0 Å². The number of aryl methyl sites for hydroxylation is 2. The Kier molecular flexibility index (Phi) is 4.38. The lowest BCUT2D eigenvalue weighted by molar-refractivity contribution is -0.135. The highest BCUT2D eigenvalue weighted by Gasteiger charge is 2.36. The number of nitrogens with zero attached hydrogens (tertiary/aromatic N) is 3. The molecule has 0 N–H and O–H groups in total. The van der Waals surface area contributed by atoms with Gasteiger partial charge in [0.2, 0.25) is 11.8 Å². The van der Waals surface area contributed by atoms with Gasteiger partial charge in [-0.1, -0.05) is 23.4 Å². The summed E-state index contributed by atoms with van der Waals surface area (Å²) in [4.78, 5) is 28.3. The normalized spacial score (nSPS) is 17.4. The zero-order valence-electron chi connectivity index (χ0n) is 14.2. The number of benzene rings is 1. The highest BCUT2D eigenvalue weighted by molar-refractivity contribution is 6.00. The van der Waals surface area contributed by atoms with Crippen LogP contribution in [0.5, 0.6) is 0 Å². The molecule has 2 amide bonds. The second-order valence-corrected chi connectivity index (χ2v) is 6.24. The number of carbonyl (C=O) groups excluding carboxylic acids is 2. The maximum atomic E-state index is 12.7. The van der Waals surface area contributed by atoms with Gasteiger partial charge in [0.05, 0.1) is 18.2 Å². The highest BCUT2D eigenvalue weighted by atomic mass is 16.5. The van der Waals surface area contributed by atoms with Crippen LogP contribution >= 0.6 is 0 Å². The van der Waals surface area contributed by atoms with Gasteiger partial charge in [-0.3, -0.25) is 9.59 Å². The number of aromatic nitrogens is 1. The lowest BCUT2D eigenvalue weighted by atomic mass is 10.1. The van der Waals surface area contributed by atoms with Crippen molar-refractivity contribution in [1.29, 1.82) is 0 Å². The second kappa shape index (κ2) is 6.47. The van der Waals surface area contributed by atoms with E-state index in [1.807, 2.05) is 44.2 Å². The molecule has 6 heteroatoms. The lowest BCUT2D eigenvalue weighted by Gasteiger charge is -2.21. The predicted molar refractivity (Wildman–Crippen MR) is 89.4 cm³/mol. The van der Waals surface area contributed by atoms with Gasteiger partial charge in [-0.15, -0.1) is 0 Å². The summed E-state index contributed by atoms with van der Waals surface area (Å²) in [6, 6.07) is 9.46. The third-order valence-corrected chi connectivity index (χ3v) is 4.49. The average Bonchev–Trinajstić information content (AvgIpc) is 3.12. The Bertz CT molecular complexity index is 735. The minimum Gasteiger partial charge on any atom is -0.361 e. The first-order chi connectivity index (χ1) is 11.5. The minimum atomic E-state index is -0.317. The van der Waals surface area contributed by atoms with E-state index in [-0.39, 0.29) is 24.2 Å². The van der Waals surface area contributed by atoms with Gasteiger partial charge in [-0.05, 0) is 26.0 Å². The summed E-state index contributed by atoms with van der Waals surface area (Å²) in [5, 5.41) is 3.91. The van der Waals surface area contributed by atoms with Crippen molar-refractivity contribution in [3.8, 4) is 0 Å². The molecule has 2 aromatic rings. The molecule has 126 valence electrons. The predicted octanol–water partition coefficient (Wildman–Crippen LogP) is 2.30. The third-order valence-electron chi connectivity index (χ3n) is 4.49. The van der Waals surface area contributed by atoms with E-state index in [1.54, 1.807) is 16.8 Å². The molecule has 24 heavy (non-hydrogen) atoms. The van der Waals surface area contributed by atoms with Gasteiger partial charge in [0.1, 0.15) is 5.76 Å². The van der Waals surface area contributed by atoms with Crippen molar-refractivity contribution in [2.45, 2.75) is 26.8 Å². The van der Waals surface area contributed by atoms with Crippen LogP contribution in [-0.2, 0) is 16.1 Å². The van der Waals surface area contributed by atoms with E-state index in [9.17, 15) is 9.59 Å². The maximum absolute atomic E-state index is 12.7.